The van der Waals surface area contributed by atoms with Gasteiger partial charge in [0, 0.05) is 17.7 Å². The Balaban J connectivity index is 2.58. The summed E-state index contributed by atoms with van der Waals surface area (Å²) in [7, 11) is 0. The summed E-state index contributed by atoms with van der Waals surface area (Å²) in [6.07, 6.45) is 0. The fraction of sp³-hybridized carbons (Fsp3) is 0.143. The molecular formula is C14H12F3N. The maximum absolute atomic E-state index is 13.8. The molecule has 0 saturated carbocycles. The molecule has 0 amide bonds. The zero-order valence-corrected chi connectivity index (χ0v) is 9.81. The second-order valence-electron chi connectivity index (χ2n) is 4.09. The van der Waals surface area contributed by atoms with Gasteiger partial charge in [0.15, 0.2) is 0 Å². The van der Waals surface area contributed by atoms with E-state index in [1.54, 1.807) is 0 Å². The first-order chi connectivity index (χ1) is 8.52. The van der Waals surface area contributed by atoms with Crippen molar-refractivity contribution >= 4 is 0 Å². The molecule has 0 bridgehead atoms. The van der Waals surface area contributed by atoms with Gasteiger partial charge in [0.25, 0.3) is 0 Å². The summed E-state index contributed by atoms with van der Waals surface area (Å²) in [4.78, 5) is 0. The van der Waals surface area contributed by atoms with Crippen LogP contribution in [0.3, 0.4) is 0 Å². The van der Waals surface area contributed by atoms with E-state index in [1.807, 2.05) is 0 Å². The van der Waals surface area contributed by atoms with Crippen LogP contribution in [0.4, 0.5) is 13.2 Å². The molecule has 0 fully saturated rings. The predicted octanol–water partition coefficient (Wildman–Crippen LogP) is 3.54. The topological polar surface area (TPSA) is 26.0 Å². The highest BCUT2D eigenvalue weighted by Crippen LogP contribution is 2.27. The van der Waals surface area contributed by atoms with Crippen molar-refractivity contribution in [2.45, 2.75) is 13.5 Å². The van der Waals surface area contributed by atoms with Crippen LogP contribution in [0.1, 0.15) is 11.1 Å². The second kappa shape index (κ2) is 4.82. The lowest BCUT2D eigenvalue weighted by Gasteiger charge is -2.08. The lowest BCUT2D eigenvalue weighted by atomic mass is 10.0. The number of nitrogens with two attached hydrogens (primary N) is 1. The van der Waals surface area contributed by atoms with Crippen molar-refractivity contribution in [3.63, 3.8) is 0 Å². The summed E-state index contributed by atoms with van der Waals surface area (Å²) in [5, 5.41) is 0. The lowest BCUT2D eigenvalue weighted by Crippen LogP contribution is -2.00. The molecule has 0 spiro atoms. The van der Waals surface area contributed by atoms with E-state index in [0.717, 1.165) is 12.1 Å². The van der Waals surface area contributed by atoms with E-state index in [2.05, 4.69) is 0 Å². The molecule has 0 aliphatic carbocycles. The van der Waals surface area contributed by atoms with Gasteiger partial charge in [0.05, 0.1) is 0 Å². The highest BCUT2D eigenvalue weighted by Gasteiger charge is 2.11. The number of hydrogen-bond acceptors (Lipinski definition) is 1. The number of hydrogen-bond donors (Lipinski definition) is 1. The van der Waals surface area contributed by atoms with Gasteiger partial charge in [-0.1, -0.05) is 6.07 Å². The first-order valence-electron chi connectivity index (χ1n) is 5.47. The molecule has 2 aromatic carbocycles. The van der Waals surface area contributed by atoms with Gasteiger partial charge in [-0.2, -0.15) is 0 Å². The van der Waals surface area contributed by atoms with Crippen molar-refractivity contribution in [2.75, 3.05) is 0 Å². The summed E-state index contributed by atoms with van der Waals surface area (Å²) in [6.45, 7) is 1.49. The van der Waals surface area contributed by atoms with Gasteiger partial charge in [-0.25, -0.2) is 13.2 Å². The Morgan fingerprint density at radius 3 is 2.33 bits per heavy atom. The molecule has 4 heteroatoms. The minimum Gasteiger partial charge on any atom is -0.326 e. The van der Waals surface area contributed by atoms with E-state index in [-0.39, 0.29) is 23.2 Å². The molecule has 0 unspecified atom stereocenters. The molecule has 0 radical (unpaired) electrons. The van der Waals surface area contributed by atoms with Gasteiger partial charge in [0.2, 0.25) is 0 Å². The first kappa shape index (κ1) is 12.6. The van der Waals surface area contributed by atoms with Crippen molar-refractivity contribution < 1.29 is 13.2 Å². The Bertz CT molecular complexity index is 594. The Kier molecular flexibility index (Phi) is 3.39. The van der Waals surface area contributed by atoms with E-state index in [9.17, 15) is 13.2 Å². The molecule has 94 valence electrons. The Morgan fingerprint density at radius 1 is 0.944 bits per heavy atom. The third kappa shape index (κ3) is 2.24. The Hall–Kier alpha value is -1.81. The van der Waals surface area contributed by atoms with Crippen LogP contribution in [0.25, 0.3) is 11.1 Å². The third-order valence-electron chi connectivity index (χ3n) is 2.82. The fourth-order valence-corrected chi connectivity index (χ4v) is 1.77. The summed E-state index contributed by atoms with van der Waals surface area (Å²) in [6, 6.07) is 6.27. The van der Waals surface area contributed by atoms with Crippen molar-refractivity contribution in [3.05, 3.63) is 58.9 Å². The maximum atomic E-state index is 13.8. The number of benzene rings is 2. The molecule has 2 N–H and O–H groups in total. The molecule has 0 aliphatic rings. The molecule has 1 nitrogen and oxygen atoms in total. The van der Waals surface area contributed by atoms with Gasteiger partial charge in [-0.3, -0.25) is 0 Å². The highest BCUT2D eigenvalue weighted by atomic mass is 19.1. The molecular weight excluding hydrogens is 239 g/mol. The van der Waals surface area contributed by atoms with Crippen LogP contribution >= 0.6 is 0 Å². The van der Waals surface area contributed by atoms with Crippen LogP contribution in [0.5, 0.6) is 0 Å². The van der Waals surface area contributed by atoms with Crippen molar-refractivity contribution in [1.82, 2.24) is 0 Å². The summed E-state index contributed by atoms with van der Waals surface area (Å²) in [5.41, 5.74) is 6.40. The van der Waals surface area contributed by atoms with Crippen LogP contribution in [0.15, 0.2) is 30.3 Å². The third-order valence-corrected chi connectivity index (χ3v) is 2.82. The second-order valence-corrected chi connectivity index (χ2v) is 4.09. The smallest absolute Gasteiger partial charge is 0.131 e. The van der Waals surface area contributed by atoms with Gasteiger partial charge >= 0.3 is 0 Å². The predicted molar refractivity (Wildman–Crippen MR) is 64.4 cm³/mol. The zero-order chi connectivity index (χ0) is 13.3. The average molecular weight is 251 g/mol. The van der Waals surface area contributed by atoms with E-state index in [1.165, 1.54) is 25.1 Å². The monoisotopic (exact) mass is 251 g/mol. The standard InChI is InChI=1S/C14H12F3N/c1-8-4-14(17)11(6-13(8)16)9-2-3-12(15)10(5-9)7-18/h2-6H,7,18H2,1H3. The van der Waals surface area contributed by atoms with E-state index in [0.29, 0.717) is 5.56 Å². The van der Waals surface area contributed by atoms with Gasteiger partial charge < -0.3 is 5.73 Å². The highest BCUT2D eigenvalue weighted by molar-refractivity contribution is 5.65. The maximum Gasteiger partial charge on any atom is 0.131 e. The molecule has 0 aromatic heterocycles. The molecule has 2 aromatic rings. The van der Waals surface area contributed by atoms with E-state index >= 15 is 0 Å². The SMILES string of the molecule is Cc1cc(F)c(-c2ccc(F)c(CN)c2)cc1F. The Morgan fingerprint density at radius 2 is 1.67 bits per heavy atom. The summed E-state index contributed by atoms with van der Waals surface area (Å²) >= 11 is 0. The zero-order valence-electron chi connectivity index (χ0n) is 9.81. The molecule has 2 rings (SSSR count). The molecule has 0 saturated heterocycles. The lowest BCUT2D eigenvalue weighted by molar-refractivity contribution is 0.594. The van der Waals surface area contributed by atoms with Crippen LogP contribution < -0.4 is 5.73 Å². The molecule has 0 heterocycles. The van der Waals surface area contributed by atoms with Gasteiger partial charge in [-0.05, 0) is 42.3 Å². The summed E-state index contributed by atoms with van der Waals surface area (Å²) in [5.74, 6) is -1.48. The Labute approximate surface area is 103 Å². The number of aryl methyl sites for hydroxylation is 1. The minimum atomic E-state index is -0.538. The average Bonchev–Trinajstić information content (AvgIpc) is 2.35. The largest absolute Gasteiger partial charge is 0.326 e. The molecule has 18 heavy (non-hydrogen) atoms. The minimum absolute atomic E-state index is 0.00956. The first-order valence-corrected chi connectivity index (χ1v) is 5.47. The van der Waals surface area contributed by atoms with Gasteiger partial charge in [-0.15, -0.1) is 0 Å². The van der Waals surface area contributed by atoms with E-state index < -0.39 is 17.5 Å². The molecule has 0 atom stereocenters. The fourth-order valence-electron chi connectivity index (χ4n) is 1.77. The van der Waals surface area contributed by atoms with Crippen molar-refractivity contribution in [3.8, 4) is 11.1 Å². The van der Waals surface area contributed by atoms with Crippen molar-refractivity contribution in [2.24, 2.45) is 5.73 Å². The van der Waals surface area contributed by atoms with E-state index in [4.69, 9.17) is 5.73 Å². The van der Waals surface area contributed by atoms with Crippen LogP contribution in [0, 0.1) is 24.4 Å². The number of rotatable bonds is 2. The van der Waals surface area contributed by atoms with Crippen molar-refractivity contribution in [1.29, 1.82) is 0 Å². The van der Waals surface area contributed by atoms with Crippen LogP contribution in [0.2, 0.25) is 0 Å². The molecule has 0 aliphatic heterocycles. The number of halogens is 3. The normalized spacial score (nSPS) is 10.7. The summed E-state index contributed by atoms with van der Waals surface area (Å²) < 4.78 is 40.5. The quantitative estimate of drug-likeness (QED) is 0.868. The van der Waals surface area contributed by atoms with Crippen LogP contribution in [-0.2, 0) is 6.54 Å². The van der Waals surface area contributed by atoms with Gasteiger partial charge in [0.1, 0.15) is 17.5 Å². The van der Waals surface area contributed by atoms with Crippen LogP contribution in [-0.4, -0.2) is 0 Å².